The van der Waals surface area contributed by atoms with Gasteiger partial charge in [0.2, 0.25) is 5.91 Å². The van der Waals surface area contributed by atoms with E-state index in [1.807, 2.05) is 54.4 Å². The Morgan fingerprint density at radius 3 is 2.76 bits per heavy atom. The van der Waals surface area contributed by atoms with E-state index in [9.17, 15) is 9.59 Å². The van der Waals surface area contributed by atoms with Gasteiger partial charge in [-0.05, 0) is 56.5 Å². The third-order valence-corrected chi connectivity index (χ3v) is 6.81. The summed E-state index contributed by atoms with van der Waals surface area (Å²) in [6, 6.07) is 7.45. The summed E-state index contributed by atoms with van der Waals surface area (Å²) in [5, 5.41) is 7.67. The van der Waals surface area contributed by atoms with Crippen molar-refractivity contribution in [2.45, 2.75) is 39.7 Å². The van der Waals surface area contributed by atoms with Crippen LogP contribution in [0, 0.1) is 0 Å². The number of hydrogen-bond acceptors (Lipinski definition) is 7. The molecule has 3 aromatic heterocycles. The third kappa shape index (κ3) is 6.70. The zero-order valence-electron chi connectivity index (χ0n) is 22.0. The normalized spacial score (nSPS) is 15.4. The van der Waals surface area contributed by atoms with Crippen LogP contribution in [0.3, 0.4) is 0 Å². The SMILES string of the molecule is CC/C=C(C)/C=N/C=C(\C)c1cccc(-c2csc(NC(=O)CNC(=O)c3ccn(C4(C)COC4)c3)n2)n1. The minimum Gasteiger partial charge on any atom is -0.376 e. The van der Waals surface area contributed by atoms with Gasteiger partial charge in [0.25, 0.3) is 5.91 Å². The largest absolute Gasteiger partial charge is 0.376 e. The highest BCUT2D eigenvalue weighted by Gasteiger charge is 2.35. The van der Waals surface area contributed by atoms with Crippen molar-refractivity contribution in [3.05, 3.63) is 71.1 Å². The van der Waals surface area contributed by atoms with Crippen LogP contribution in [-0.4, -0.2) is 52.3 Å². The standard InChI is InChI=1S/C28H32N6O3S/c1-5-7-19(2)12-29-13-20(3)22-8-6-9-23(31-22)24-16-38-27(32-24)33-25(35)14-30-26(36)21-10-11-34(15-21)28(4)17-37-18-28/h6-13,15-16H,5,14,17-18H2,1-4H3,(H,30,36)(H,32,33,35)/b19-7+,20-13+,29-12+. The number of carbonyl (C=O) groups is 2. The first-order chi connectivity index (χ1) is 18.3. The number of pyridine rings is 1. The van der Waals surface area contributed by atoms with Crippen LogP contribution in [0.15, 0.2) is 64.9 Å². The smallest absolute Gasteiger partial charge is 0.253 e. The van der Waals surface area contributed by atoms with Gasteiger partial charge >= 0.3 is 0 Å². The molecule has 1 fully saturated rings. The minimum absolute atomic E-state index is 0.124. The lowest BCUT2D eigenvalue weighted by molar-refractivity contribution is -0.115. The maximum atomic E-state index is 12.5. The van der Waals surface area contributed by atoms with E-state index in [1.54, 1.807) is 18.5 Å². The van der Waals surface area contributed by atoms with Gasteiger partial charge in [0.1, 0.15) is 5.69 Å². The highest BCUT2D eigenvalue weighted by molar-refractivity contribution is 7.14. The van der Waals surface area contributed by atoms with Gasteiger partial charge in [-0.1, -0.05) is 19.1 Å². The van der Waals surface area contributed by atoms with Crippen LogP contribution in [0.5, 0.6) is 0 Å². The third-order valence-electron chi connectivity index (χ3n) is 6.05. The Balaban J connectivity index is 1.32. The van der Waals surface area contributed by atoms with Gasteiger partial charge in [0.15, 0.2) is 5.13 Å². The fourth-order valence-electron chi connectivity index (χ4n) is 3.79. The highest BCUT2D eigenvalue weighted by atomic mass is 32.1. The zero-order valence-corrected chi connectivity index (χ0v) is 22.8. The Hall–Kier alpha value is -3.89. The number of nitrogens with one attached hydrogen (secondary N) is 2. The zero-order chi connectivity index (χ0) is 27.1. The lowest BCUT2D eigenvalue weighted by atomic mass is 10.0. The number of aromatic nitrogens is 3. The van der Waals surface area contributed by atoms with E-state index in [2.05, 4.69) is 40.5 Å². The van der Waals surface area contributed by atoms with Gasteiger partial charge < -0.3 is 19.9 Å². The van der Waals surface area contributed by atoms with E-state index in [-0.39, 0.29) is 23.9 Å². The number of amides is 2. The molecule has 2 amide bonds. The Morgan fingerprint density at radius 1 is 1.21 bits per heavy atom. The quantitative estimate of drug-likeness (QED) is 0.361. The molecule has 9 nitrogen and oxygen atoms in total. The number of anilines is 1. The molecule has 0 aliphatic carbocycles. The number of nitrogens with zero attached hydrogens (tertiary/aromatic N) is 4. The van der Waals surface area contributed by atoms with Crippen LogP contribution < -0.4 is 10.6 Å². The number of thiazole rings is 1. The van der Waals surface area contributed by atoms with Crippen molar-refractivity contribution in [1.29, 1.82) is 0 Å². The molecule has 0 atom stereocenters. The number of ether oxygens (including phenoxy) is 1. The second-order valence-electron chi connectivity index (χ2n) is 9.42. The summed E-state index contributed by atoms with van der Waals surface area (Å²) in [6.07, 6.45) is 10.3. The summed E-state index contributed by atoms with van der Waals surface area (Å²) in [4.78, 5) is 38.5. The van der Waals surface area contributed by atoms with Crippen molar-refractivity contribution < 1.29 is 14.3 Å². The predicted octanol–water partition coefficient (Wildman–Crippen LogP) is 4.91. The molecule has 38 heavy (non-hydrogen) atoms. The van der Waals surface area contributed by atoms with Crippen molar-refractivity contribution >= 4 is 40.1 Å². The van der Waals surface area contributed by atoms with Crippen molar-refractivity contribution in [2.75, 3.05) is 25.1 Å². The Bertz CT molecular complexity index is 1400. The maximum Gasteiger partial charge on any atom is 0.253 e. The van der Waals surface area contributed by atoms with Crippen molar-refractivity contribution in [2.24, 2.45) is 4.99 Å². The van der Waals surface area contributed by atoms with Crippen molar-refractivity contribution in [3.63, 3.8) is 0 Å². The van der Waals surface area contributed by atoms with Gasteiger partial charge in [-0.15, -0.1) is 11.3 Å². The van der Waals surface area contributed by atoms with Crippen LogP contribution >= 0.6 is 11.3 Å². The molecule has 3 aromatic rings. The second-order valence-corrected chi connectivity index (χ2v) is 10.3. The number of aliphatic imine (C=N–C) groups is 1. The molecule has 4 rings (SSSR count). The molecule has 198 valence electrons. The maximum absolute atomic E-state index is 12.5. The van der Waals surface area contributed by atoms with Gasteiger partial charge in [-0.25, -0.2) is 9.97 Å². The van der Waals surface area contributed by atoms with E-state index in [0.717, 1.165) is 23.3 Å². The molecule has 0 bridgehead atoms. The van der Waals surface area contributed by atoms with Gasteiger partial charge in [-0.3, -0.25) is 14.6 Å². The average Bonchev–Trinajstić information content (AvgIpc) is 3.57. The van der Waals surface area contributed by atoms with Gasteiger partial charge in [-0.2, -0.15) is 0 Å². The lowest BCUT2D eigenvalue weighted by Gasteiger charge is -2.39. The minimum atomic E-state index is -0.358. The van der Waals surface area contributed by atoms with Crippen LogP contribution in [0.25, 0.3) is 17.0 Å². The highest BCUT2D eigenvalue weighted by Crippen LogP contribution is 2.26. The number of rotatable bonds is 10. The number of allylic oxidation sites excluding steroid dienone is 3. The summed E-state index contributed by atoms with van der Waals surface area (Å²) in [5.41, 5.74) is 4.56. The topological polar surface area (TPSA) is 111 Å². The average molecular weight is 533 g/mol. The van der Waals surface area contributed by atoms with Gasteiger partial charge in [0, 0.05) is 30.2 Å². The predicted molar refractivity (Wildman–Crippen MR) is 151 cm³/mol. The van der Waals surface area contributed by atoms with E-state index in [4.69, 9.17) is 9.72 Å². The van der Waals surface area contributed by atoms with Crippen molar-refractivity contribution in [3.8, 4) is 11.4 Å². The molecular weight excluding hydrogens is 500 g/mol. The summed E-state index contributed by atoms with van der Waals surface area (Å²) in [7, 11) is 0. The molecule has 0 radical (unpaired) electrons. The summed E-state index contributed by atoms with van der Waals surface area (Å²) in [5.74, 6) is -0.670. The van der Waals surface area contributed by atoms with E-state index < -0.39 is 0 Å². The van der Waals surface area contributed by atoms with Crippen molar-refractivity contribution in [1.82, 2.24) is 19.9 Å². The molecule has 1 aliphatic rings. The lowest BCUT2D eigenvalue weighted by Crippen LogP contribution is -2.48. The van der Waals surface area contributed by atoms with E-state index in [1.165, 1.54) is 11.3 Å². The van der Waals surface area contributed by atoms with Crippen LogP contribution in [0.2, 0.25) is 0 Å². The molecule has 10 heteroatoms. The summed E-state index contributed by atoms with van der Waals surface area (Å²) in [6.45, 7) is 9.20. The molecule has 0 aromatic carbocycles. The molecule has 0 spiro atoms. The molecular formula is C28H32N6O3S. The first-order valence-electron chi connectivity index (χ1n) is 12.4. The Kier molecular flexibility index (Phi) is 8.65. The van der Waals surface area contributed by atoms with Crippen LogP contribution in [0.1, 0.15) is 50.2 Å². The second kappa shape index (κ2) is 12.1. The monoisotopic (exact) mass is 532 g/mol. The van der Waals surface area contributed by atoms with E-state index >= 15 is 0 Å². The first-order valence-corrected chi connectivity index (χ1v) is 13.3. The fourth-order valence-corrected chi connectivity index (χ4v) is 4.51. The fraction of sp³-hybridized carbons (Fsp3) is 0.321. The Morgan fingerprint density at radius 2 is 2.03 bits per heavy atom. The molecule has 4 heterocycles. The summed E-state index contributed by atoms with van der Waals surface area (Å²) >= 11 is 1.30. The van der Waals surface area contributed by atoms with Crippen LogP contribution in [-0.2, 0) is 15.1 Å². The first kappa shape index (κ1) is 27.2. The molecule has 0 unspecified atom stereocenters. The summed E-state index contributed by atoms with van der Waals surface area (Å²) < 4.78 is 7.25. The molecule has 1 saturated heterocycles. The molecule has 2 N–H and O–H groups in total. The molecule has 0 saturated carbocycles. The number of hydrogen-bond donors (Lipinski definition) is 2. The molecule has 1 aliphatic heterocycles. The Labute approximate surface area is 226 Å². The van der Waals surface area contributed by atoms with E-state index in [0.29, 0.717) is 35.3 Å². The van der Waals surface area contributed by atoms with Crippen LogP contribution in [0.4, 0.5) is 5.13 Å². The number of carbonyl (C=O) groups excluding carboxylic acids is 2. The van der Waals surface area contributed by atoms with Gasteiger partial charge in [0.05, 0.1) is 42.2 Å².